The fourth-order valence-electron chi connectivity index (χ4n) is 1.34. The largest absolute Gasteiger partial charge is 0.430 e. The average Bonchev–Trinajstić information content (AvgIpc) is 2.60. The van der Waals surface area contributed by atoms with E-state index >= 15 is 0 Å². The summed E-state index contributed by atoms with van der Waals surface area (Å²) in [5.74, 6) is -1.33. The highest BCUT2D eigenvalue weighted by Crippen LogP contribution is 2.35. The number of nitrogen functional groups attached to an aromatic ring is 2. The topological polar surface area (TPSA) is 115 Å². The van der Waals surface area contributed by atoms with Crippen molar-refractivity contribution in [3.8, 4) is 0 Å². The maximum atomic E-state index is 13.2. The summed E-state index contributed by atoms with van der Waals surface area (Å²) in [5, 5.41) is -4.75. The number of hydrogen-bond acceptors (Lipinski definition) is 5. The van der Waals surface area contributed by atoms with Gasteiger partial charge in [-0.25, -0.2) is 4.98 Å². The minimum absolute atomic E-state index is 0.0278. The maximum Gasteiger partial charge on any atom is 0.430 e. The molecular formula is C8H7F3N4O2S. The predicted molar refractivity (Wildman–Crippen MR) is 58.8 cm³/mol. The van der Waals surface area contributed by atoms with Crippen molar-refractivity contribution >= 4 is 32.6 Å². The van der Waals surface area contributed by atoms with E-state index in [-0.39, 0.29) is 22.4 Å². The molecule has 0 saturated carbocycles. The lowest BCUT2D eigenvalue weighted by Crippen LogP contribution is -2.23. The zero-order chi connectivity index (χ0) is 13.7. The zero-order valence-corrected chi connectivity index (χ0v) is 9.43. The van der Waals surface area contributed by atoms with Gasteiger partial charge in [-0.2, -0.15) is 17.2 Å². The van der Waals surface area contributed by atoms with Crippen LogP contribution in [0, 0.1) is 0 Å². The third kappa shape index (κ3) is 1.74. The van der Waals surface area contributed by atoms with Crippen LogP contribution in [0.5, 0.6) is 0 Å². The van der Waals surface area contributed by atoms with Crippen molar-refractivity contribution in [2.45, 2.75) is 5.25 Å². The second-order valence-corrected chi connectivity index (χ2v) is 4.93. The number of fused-ring (bicyclic) bond motifs is 1. The summed E-state index contributed by atoms with van der Waals surface area (Å²) in [7, 11) is -6.11. The first-order chi connectivity index (χ1) is 8.13. The Morgan fingerprint density at radius 2 is 1.78 bits per heavy atom. The molecule has 1 aromatic carbocycles. The van der Waals surface area contributed by atoms with Crippen molar-refractivity contribution in [2.24, 2.45) is 0 Å². The van der Waals surface area contributed by atoms with Gasteiger partial charge in [-0.15, -0.1) is 0 Å². The highest BCUT2D eigenvalue weighted by atomic mass is 32.3. The number of imidazole rings is 1. The number of benzene rings is 1. The van der Waals surface area contributed by atoms with Crippen LogP contribution in [0.25, 0.3) is 11.0 Å². The minimum atomic E-state index is -6.11. The first kappa shape index (κ1) is 12.5. The van der Waals surface area contributed by atoms with E-state index in [9.17, 15) is 21.1 Å². The predicted octanol–water partition coefficient (Wildman–Crippen LogP) is 1.08. The van der Waals surface area contributed by atoms with E-state index in [1.54, 1.807) is 0 Å². The van der Waals surface area contributed by atoms with Crippen molar-refractivity contribution in [1.82, 2.24) is 9.97 Å². The maximum absolute atomic E-state index is 13.2. The van der Waals surface area contributed by atoms with Gasteiger partial charge >= 0.3 is 15.5 Å². The van der Waals surface area contributed by atoms with Gasteiger partial charge in [0.25, 0.3) is 0 Å². The fraction of sp³-hybridized carbons (Fsp3) is 0.125. The minimum Gasteiger partial charge on any atom is -0.397 e. The van der Waals surface area contributed by atoms with Crippen molar-refractivity contribution in [3.05, 3.63) is 18.0 Å². The second kappa shape index (κ2) is 3.51. The number of hydrogen-bond donors (Lipinski definition) is 3. The number of H-pyrrole nitrogens is 1. The van der Waals surface area contributed by atoms with Crippen LogP contribution in [0.3, 0.4) is 0 Å². The van der Waals surface area contributed by atoms with Crippen LogP contribution < -0.4 is 11.5 Å². The van der Waals surface area contributed by atoms with Crippen LogP contribution >= 0.6 is 0 Å². The number of nitrogens with zero attached hydrogens (tertiary/aromatic N) is 1. The Morgan fingerprint density at radius 3 is 2.33 bits per heavy atom. The number of anilines is 2. The summed E-state index contributed by atoms with van der Waals surface area (Å²) in [6, 6.07) is 2.37. The van der Waals surface area contributed by atoms with E-state index in [4.69, 9.17) is 11.5 Å². The summed E-state index contributed by atoms with van der Waals surface area (Å²) in [4.78, 5) is 5.29. The number of aromatic amines is 1. The zero-order valence-electron chi connectivity index (χ0n) is 8.62. The molecule has 0 bridgehead atoms. The Balaban J connectivity index is 2.68. The molecule has 0 spiro atoms. The number of halogens is 3. The molecule has 0 aliphatic heterocycles. The van der Waals surface area contributed by atoms with E-state index in [1.807, 2.05) is 4.98 Å². The summed E-state index contributed by atoms with van der Waals surface area (Å²) >= 11 is 0. The standard InChI is InChI=1S/C8H7F3N4O2S/c9-8(10,18(11,16)17)7-14-5-1-3(12)4(13)2-6(5)15-7/h1-2H,12-13H2,(H,14,15). The monoisotopic (exact) mass is 280 g/mol. The molecule has 1 aromatic heterocycles. The van der Waals surface area contributed by atoms with Crippen LogP contribution in [0.4, 0.5) is 24.0 Å². The van der Waals surface area contributed by atoms with Gasteiger partial charge in [-0.1, -0.05) is 3.89 Å². The van der Waals surface area contributed by atoms with E-state index in [2.05, 4.69) is 4.98 Å². The molecule has 0 atom stereocenters. The Morgan fingerprint density at radius 1 is 1.22 bits per heavy atom. The lowest BCUT2D eigenvalue weighted by molar-refractivity contribution is 0.0755. The van der Waals surface area contributed by atoms with Gasteiger partial charge < -0.3 is 16.5 Å². The molecule has 5 N–H and O–H groups in total. The van der Waals surface area contributed by atoms with Gasteiger partial charge in [-0.3, -0.25) is 0 Å². The van der Waals surface area contributed by atoms with Gasteiger partial charge in [0.2, 0.25) is 0 Å². The Kier molecular flexibility index (Phi) is 2.44. The third-order valence-electron chi connectivity index (χ3n) is 2.27. The van der Waals surface area contributed by atoms with E-state index < -0.39 is 21.3 Å². The molecule has 98 valence electrons. The van der Waals surface area contributed by atoms with Crippen LogP contribution in [0.2, 0.25) is 0 Å². The molecule has 1 heterocycles. The molecule has 0 amide bonds. The quantitative estimate of drug-likeness (QED) is 0.562. The number of alkyl halides is 2. The molecule has 0 fully saturated rings. The van der Waals surface area contributed by atoms with E-state index in [1.165, 1.54) is 12.1 Å². The van der Waals surface area contributed by atoms with Crippen LogP contribution in [0.1, 0.15) is 5.82 Å². The van der Waals surface area contributed by atoms with Crippen LogP contribution in [-0.2, 0) is 15.5 Å². The highest BCUT2D eigenvalue weighted by molar-refractivity contribution is 7.87. The average molecular weight is 280 g/mol. The number of rotatable bonds is 2. The lowest BCUT2D eigenvalue weighted by atomic mass is 10.2. The first-order valence-electron chi connectivity index (χ1n) is 4.50. The van der Waals surface area contributed by atoms with E-state index in [0.717, 1.165) is 0 Å². The molecular weight excluding hydrogens is 273 g/mol. The van der Waals surface area contributed by atoms with E-state index in [0.29, 0.717) is 0 Å². The summed E-state index contributed by atoms with van der Waals surface area (Å²) in [5.41, 5.74) is 11.0. The number of nitrogens with one attached hydrogen (secondary N) is 1. The SMILES string of the molecule is Nc1cc2nc(C(F)(F)S(=O)(=O)F)[nH]c2cc1N. The molecule has 2 aromatic rings. The van der Waals surface area contributed by atoms with Gasteiger partial charge in [-0.05, 0) is 12.1 Å². The molecule has 0 aliphatic rings. The molecule has 18 heavy (non-hydrogen) atoms. The van der Waals surface area contributed by atoms with Crippen LogP contribution in [0.15, 0.2) is 12.1 Å². The first-order valence-corrected chi connectivity index (χ1v) is 5.88. The lowest BCUT2D eigenvalue weighted by Gasteiger charge is -2.06. The summed E-state index contributed by atoms with van der Waals surface area (Å²) in [6.45, 7) is 0. The third-order valence-corrected chi connectivity index (χ3v) is 3.07. The Labute approximate surface area is 99.0 Å². The van der Waals surface area contributed by atoms with Gasteiger partial charge in [0.15, 0.2) is 5.82 Å². The molecule has 0 unspecified atom stereocenters. The molecule has 6 nitrogen and oxygen atoms in total. The van der Waals surface area contributed by atoms with Crippen molar-refractivity contribution < 1.29 is 21.1 Å². The Hall–Kier alpha value is -1.97. The molecule has 0 radical (unpaired) electrons. The van der Waals surface area contributed by atoms with Crippen molar-refractivity contribution in [1.29, 1.82) is 0 Å². The van der Waals surface area contributed by atoms with Crippen molar-refractivity contribution in [3.63, 3.8) is 0 Å². The second-order valence-electron chi connectivity index (χ2n) is 3.54. The van der Waals surface area contributed by atoms with Crippen LogP contribution in [-0.4, -0.2) is 18.4 Å². The molecule has 2 rings (SSSR count). The highest BCUT2D eigenvalue weighted by Gasteiger charge is 2.50. The van der Waals surface area contributed by atoms with Crippen molar-refractivity contribution in [2.75, 3.05) is 11.5 Å². The smallest absolute Gasteiger partial charge is 0.397 e. The summed E-state index contributed by atoms with van der Waals surface area (Å²) < 4.78 is 59.5. The van der Waals surface area contributed by atoms with Gasteiger partial charge in [0, 0.05) is 0 Å². The Bertz CT molecular complexity index is 686. The number of aromatic nitrogens is 2. The fourth-order valence-corrected chi connectivity index (χ4v) is 1.67. The normalized spacial score (nSPS) is 13.1. The van der Waals surface area contributed by atoms with Gasteiger partial charge in [0.1, 0.15) is 0 Å². The molecule has 10 heteroatoms. The molecule has 0 aliphatic carbocycles. The van der Waals surface area contributed by atoms with Gasteiger partial charge in [0.05, 0.1) is 22.4 Å². The molecule has 0 saturated heterocycles. The number of nitrogens with two attached hydrogens (primary N) is 2. The summed E-state index contributed by atoms with van der Waals surface area (Å²) in [6.07, 6.45) is 0.